The molecule has 1 atom stereocenters. The van der Waals surface area contributed by atoms with Gasteiger partial charge in [0.15, 0.2) is 17.6 Å². The molecule has 7 rings (SSSR count). The molecule has 0 spiro atoms. The molecule has 0 saturated heterocycles. The molecule has 4 aromatic rings. The summed E-state index contributed by atoms with van der Waals surface area (Å²) in [5.41, 5.74) is 11.7. The summed E-state index contributed by atoms with van der Waals surface area (Å²) in [5, 5.41) is 14.8. The Kier molecular flexibility index (Phi) is 6.20. The number of hydrogen-bond donors (Lipinski definition) is 3. The Bertz CT molecular complexity index is 1680. The van der Waals surface area contributed by atoms with E-state index in [1.165, 1.54) is 0 Å². The van der Waals surface area contributed by atoms with Gasteiger partial charge in [0.2, 0.25) is 6.79 Å². The number of anilines is 1. The first-order chi connectivity index (χ1) is 19.0. The third-order valence-corrected chi connectivity index (χ3v) is 7.18. The molecule has 0 radical (unpaired) electrons. The molecule has 200 valence electrons. The Balaban J connectivity index is 0.00000135. The van der Waals surface area contributed by atoms with Crippen LogP contribution in [-0.4, -0.2) is 27.4 Å². The molecule has 3 aliphatic rings. The van der Waals surface area contributed by atoms with Crippen molar-refractivity contribution in [3.8, 4) is 22.9 Å². The number of hydrogen-bond acceptors (Lipinski definition) is 9. The van der Waals surface area contributed by atoms with Crippen LogP contribution in [0, 0.1) is 0 Å². The van der Waals surface area contributed by atoms with Crippen molar-refractivity contribution in [1.82, 2.24) is 14.9 Å². The molecule has 2 aromatic heterocycles. The van der Waals surface area contributed by atoms with Crippen LogP contribution in [0.1, 0.15) is 47.8 Å². The van der Waals surface area contributed by atoms with E-state index in [1.54, 1.807) is 10.6 Å². The molecule has 0 saturated carbocycles. The Hall–Kier alpha value is -4.41. The summed E-state index contributed by atoms with van der Waals surface area (Å²) in [6.45, 7) is 5.44. The Labute approximate surface area is 223 Å². The van der Waals surface area contributed by atoms with Gasteiger partial charge in [0.25, 0.3) is 5.56 Å². The monoisotopic (exact) mass is 528 g/mol. The number of esters is 1. The lowest BCUT2D eigenvalue weighted by molar-refractivity contribution is -0.157. The van der Waals surface area contributed by atoms with Crippen LogP contribution in [0.25, 0.3) is 22.3 Å². The number of aromatic nitrogens is 2. The normalized spacial score (nSPS) is 16.2. The fourth-order valence-corrected chi connectivity index (χ4v) is 5.27. The Morgan fingerprint density at radius 1 is 1.03 bits per heavy atom. The van der Waals surface area contributed by atoms with Crippen molar-refractivity contribution in [1.29, 1.82) is 0 Å². The topological polar surface area (TPSA) is 138 Å². The van der Waals surface area contributed by atoms with E-state index in [0.29, 0.717) is 53.7 Å². The van der Waals surface area contributed by atoms with Gasteiger partial charge >= 0.3 is 5.97 Å². The minimum atomic E-state index is -1.50. The molecular formula is C29H28N4O6. The van der Waals surface area contributed by atoms with E-state index in [4.69, 9.17) is 24.9 Å². The third kappa shape index (κ3) is 4.08. The van der Waals surface area contributed by atoms with Crippen molar-refractivity contribution in [2.75, 3.05) is 12.5 Å². The number of fused-ring (bicyclic) bond motifs is 6. The molecule has 39 heavy (non-hydrogen) atoms. The summed E-state index contributed by atoms with van der Waals surface area (Å²) >= 11 is 0. The van der Waals surface area contributed by atoms with Crippen LogP contribution < -0.4 is 26.1 Å². The number of carbonyl (C=O) groups excluding carboxylic acids is 1. The predicted octanol–water partition coefficient (Wildman–Crippen LogP) is 3.14. The van der Waals surface area contributed by atoms with Crippen molar-refractivity contribution >= 4 is 22.6 Å². The zero-order valence-corrected chi connectivity index (χ0v) is 21.6. The summed E-state index contributed by atoms with van der Waals surface area (Å²) in [5.74, 6) is 0.498. The zero-order valence-electron chi connectivity index (χ0n) is 21.6. The quantitative estimate of drug-likeness (QED) is 0.237. The molecule has 0 amide bonds. The maximum atomic E-state index is 13.4. The highest BCUT2D eigenvalue weighted by molar-refractivity contribution is 5.91. The highest BCUT2D eigenvalue weighted by atomic mass is 16.7. The number of aliphatic hydroxyl groups excluding tert-OH is 1. The summed E-state index contributed by atoms with van der Waals surface area (Å²) in [4.78, 5) is 30.3. The van der Waals surface area contributed by atoms with Crippen LogP contribution in [0.2, 0.25) is 0 Å². The van der Waals surface area contributed by atoms with E-state index >= 15 is 0 Å². The number of aliphatic hydroxyl groups is 1. The van der Waals surface area contributed by atoms with Gasteiger partial charge in [-0.25, -0.2) is 9.78 Å². The van der Waals surface area contributed by atoms with Crippen LogP contribution in [0.4, 0.5) is 5.69 Å². The van der Waals surface area contributed by atoms with Crippen molar-refractivity contribution in [3.63, 3.8) is 0 Å². The molecular weight excluding hydrogens is 500 g/mol. The van der Waals surface area contributed by atoms with Gasteiger partial charge in [0.1, 0.15) is 6.61 Å². The fraction of sp³-hybridized carbons (Fsp3) is 0.276. The molecule has 0 fully saturated rings. The van der Waals surface area contributed by atoms with Crippen molar-refractivity contribution in [2.24, 2.45) is 0 Å². The maximum Gasteiger partial charge on any atom is 0.340 e. The largest absolute Gasteiger partial charge is 0.458 e. The minimum Gasteiger partial charge on any atom is -0.458 e. The standard InChI is InChI=1S/C27H22N4O6.C2H6/c28-14-3-1-13(2-4-14)8-29-9-17-15-6-22-23(37-12-36-22)7-20(15)30-24-18(17)10-31-21(24)5-16-19(26(31)33)11-35-27(34)25(16)32;1-2/h1-7,25,29,32H,8-12,28H2;1-2H3. The van der Waals surface area contributed by atoms with Crippen molar-refractivity contribution in [2.45, 2.75) is 46.2 Å². The number of ether oxygens (including phenoxy) is 3. The molecule has 10 nitrogen and oxygen atoms in total. The third-order valence-electron chi connectivity index (χ3n) is 7.18. The number of cyclic esters (lactones) is 1. The predicted molar refractivity (Wildman–Crippen MR) is 144 cm³/mol. The highest BCUT2D eigenvalue weighted by Gasteiger charge is 2.35. The second kappa shape index (κ2) is 9.72. The first-order valence-electron chi connectivity index (χ1n) is 12.9. The van der Waals surface area contributed by atoms with E-state index in [0.717, 1.165) is 22.1 Å². The lowest BCUT2D eigenvalue weighted by Gasteiger charge is -2.21. The summed E-state index contributed by atoms with van der Waals surface area (Å²) in [6.07, 6.45) is -1.50. The van der Waals surface area contributed by atoms with Crippen LogP contribution >= 0.6 is 0 Å². The van der Waals surface area contributed by atoms with E-state index in [2.05, 4.69) is 5.32 Å². The van der Waals surface area contributed by atoms with Gasteiger partial charge < -0.3 is 34.9 Å². The number of carbonyl (C=O) groups is 1. The van der Waals surface area contributed by atoms with Crippen LogP contribution in [-0.2, 0) is 35.8 Å². The molecule has 3 aliphatic heterocycles. The van der Waals surface area contributed by atoms with Gasteiger partial charge in [0.05, 0.1) is 29.0 Å². The van der Waals surface area contributed by atoms with E-state index < -0.39 is 12.1 Å². The number of nitrogens with two attached hydrogens (primary N) is 1. The Morgan fingerprint density at radius 2 is 1.77 bits per heavy atom. The molecule has 1 unspecified atom stereocenters. The second-order valence-corrected chi connectivity index (χ2v) is 9.35. The van der Waals surface area contributed by atoms with Crippen LogP contribution in [0.3, 0.4) is 0 Å². The number of pyridine rings is 2. The second-order valence-electron chi connectivity index (χ2n) is 9.35. The number of nitrogen functional groups attached to an aromatic ring is 1. The number of nitrogens with one attached hydrogen (secondary N) is 1. The van der Waals surface area contributed by atoms with Crippen LogP contribution in [0.15, 0.2) is 47.3 Å². The van der Waals surface area contributed by atoms with Gasteiger partial charge in [-0.2, -0.15) is 0 Å². The number of benzene rings is 2. The van der Waals surface area contributed by atoms with Gasteiger partial charge in [-0.3, -0.25) is 4.79 Å². The first kappa shape index (κ1) is 24.9. The SMILES string of the molecule is CC.Nc1ccc(CNCc2c3c(nc4cc5c(cc24)OCO5)-c2cc4c(c(=O)n2C3)COC(=O)C4O)cc1. The van der Waals surface area contributed by atoms with Gasteiger partial charge in [-0.15, -0.1) is 0 Å². The lowest BCUT2D eigenvalue weighted by Crippen LogP contribution is -2.32. The summed E-state index contributed by atoms with van der Waals surface area (Å²) in [6, 6.07) is 13.1. The lowest BCUT2D eigenvalue weighted by atomic mass is 9.98. The molecule has 2 aromatic carbocycles. The number of rotatable bonds is 4. The smallest absolute Gasteiger partial charge is 0.340 e. The van der Waals surface area contributed by atoms with Gasteiger partial charge in [-0.05, 0) is 35.4 Å². The van der Waals surface area contributed by atoms with Gasteiger partial charge in [-0.1, -0.05) is 26.0 Å². The summed E-state index contributed by atoms with van der Waals surface area (Å²) in [7, 11) is 0. The molecule has 4 N–H and O–H groups in total. The maximum absolute atomic E-state index is 13.4. The van der Waals surface area contributed by atoms with Crippen LogP contribution in [0.5, 0.6) is 11.5 Å². The minimum absolute atomic E-state index is 0.147. The number of nitrogens with zero attached hydrogens (tertiary/aromatic N) is 2. The highest BCUT2D eigenvalue weighted by Crippen LogP contribution is 2.42. The van der Waals surface area contributed by atoms with E-state index in [1.807, 2.05) is 50.2 Å². The average molecular weight is 529 g/mol. The zero-order chi connectivity index (χ0) is 27.3. The van der Waals surface area contributed by atoms with Gasteiger partial charge in [0, 0.05) is 41.4 Å². The van der Waals surface area contributed by atoms with E-state index in [-0.39, 0.29) is 30.1 Å². The molecule has 5 heterocycles. The first-order valence-corrected chi connectivity index (χ1v) is 12.9. The molecule has 10 heteroatoms. The van der Waals surface area contributed by atoms with Crippen molar-refractivity contribution in [3.05, 3.63) is 80.6 Å². The molecule has 0 aliphatic carbocycles. The van der Waals surface area contributed by atoms with E-state index in [9.17, 15) is 14.7 Å². The van der Waals surface area contributed by atoms with Crippen molar-refractivity contribution < 1.29 is 24.1 Å². The molecule has 0 bridgehead atoms. The fourth-order valence-electron chi connectivity index (χ4n) is 5.27. The Morgan fingerprint density at radius 3 is 2.54 bits per heavy atom. The average Bonchev–Trinajstić information content (AvgIpc) is 3.56. The summed E-state index contributed by atoms with van der Waals surface area (Å²) < 4.78 is 17.8.